The van der Waals surface area contributed by atoms with Crippen LogP contribution in [0.1, 0.15) is 89.9 Å². The van der Waals surface area contributed by atoms with Gasteiger partial charge >= 0.3 is 13.7 Å². The minimum Gasteiger partial charge on any atom is -0.465 e. The maximum absolute atomic E-state index is 13.9. The molecule has 1 fully saturated rings. The van der Waals surface area contributed by atoms with Crippen molar-refractivity contribution in [3.05, 3.63) is 54.5 Å². The Morgan fingerprint density at radius 1 is 1.02 bits per heavy atom. The van der Waals surface area contributed by atoms with Gasteiger partial charge in [-0.3, -0.25) is 9.32 Å². The smallest absolute Gasteiger partial charge is 0.459 e. The van der Waals surface area contributed by atoms with Gasteiger partial charge in [0.05, 0.1) is 18.9 Å². The monoisotopic (exact) mass is 661 g/mol. The van der Waals surface area contributed by atoms with Crippen LogP contribution in [-0.4, -0.2) is 68.3 Å². The predicted molar refractivity (Wildman–Crippen MR) is 173 cm³/mol. The first-order valence-electron chi connectivity index (χ1n) is 16.3. The summed E-state index contributed by atoms with van der Waals surface area (Å²) in [6.07, 6.45) is 8.15. The van der Waals surface area contributed by atoms with Crippen LogP contribution >= 0.6 is 7.75 Å². The molecule has 1 aliphatic rings. The third-order valence-electron chi connectivity index (χ3n) is 7.99. The molecule has 0 bridgehead atoms. The number of aliphatic hydroxyl groups is 2. The average molecular weight is 662 g/mol. The lowest BCUT2D eigenvalue weighted by molar-refractivity contribution is -0.145. The number of benzene rings is 1. The zero-order chi connectivity index (χ0) is 32.9. The number of rotatable bonds is 20. The number of nitrogens with two attached hydrogens (primary N) is 1. The van der Waals surface area contributed by atoms with Gasteiger partial charge in [-0.05, 0) is 37.6 Å². The first-order valence-corrected chi connectivity index (χ1v) is 17.8. The summed E-state index contributed by atoms with van der Waals surface area (Å²) in [5.74, 6) is -0.104. The number of anilines is 1. The lowest BCUT2D eigenvalue weighted by Gasteiger charge is -2.24. The average Bonchev–Trinajstić information content (AvgIpc) is 3.60. The minimum absolute atomic E-state index is 0.243. The number of hydrogen-bond donors (Lipinski definition) is 4. The molecular weight excluding hydrogens is 613 g/mol. The zero-order valence-electron chi connectivity index (χ0n) is 26.7. The van der Waals surface area contributed by atoms with Gasteiger partial charge in [0.2, 0.25) is 0 Å². The molecule has 14 heteroatoms. The number of fused-ring (bicyclic) bond motifs is 1. The summed E-state index contributed by atoms with van der Waals surface area (Å²) in [4.78, 5) is 16.7. The Balaban J connectivity index is 1.29. The van der Waals surface area contributed by atoms with Gasteiger partial charge in [0, 0.05) is 0 Å². The van der Waals surface area contributed by atoms with Gasteiger partial charge in [0.25, 0.3) is 0 Å². The molecule has 3 heterocycles. The summed E-state index contributed by atoms with van der Waals surface area (Å²) in [6, 6.07) is 10.7. The van der Waals surface area contributed by atoms with Crippen molar-refractivity contribution in [1.29, 1.82) is 0 Å². The second-order valence-electron chi connectivity index (χ2n) is 11.7. The van der Waals surface area contributed by atoms with Crippen LogP contribution in [0.15, 0.2) is 48.8 Å². The van der Waals surface area contributed by atoms with Crippen molar-refractivity contribution in [3.8, 4) is 5.75 Å². The van der Waals surface area contributed by atoms with Gasteiger partial charge in [-0.2, -0.15) is 10.2 Å². The molecule has 4 rings (SSSR count). The highest BCUT2D eigenvalue weighted by molar-refractivity contribution is 7.52. The molecule has 5 N–H and O–H groups in total. The molecule has 0 saturated carbocycles. The van der Waals surface area contributed by atoms with Crippen LogP contribution in [0.25, 0.3) is 5.52 Å². The third kappa shape index (κ3) is 9.97. The number of ether oxygens (including phenoxy) is 2. The van der Waals surface area contributed by atoms with Crippen molar-refractivity contribution in [1.82, 2.24) is 19.7 Å². The Morgan fingerprint density at radius 2 is 1.70 bits per heavy atom. The molecule has 1 saturated heterocycles. The highest BCUT2D eigenvalue weighted by Crippen LogP contribution is 2.46. The highest BCUT2D eigenvalue weighted by Gasteiger charge is 2.46. The molecular formula is C32H48N5O8P. The van der Waals surface area contributed by atoms with Crippen LogP contribution in [0.2, 0.25) is 0 Å². The Kier molecular flexibility index (Phi) is 13.8. The van der Waals surface area contributed by atoms with Crippen molar-refractivity contribution >= 4 is 25.1 Å². The van der Waals surface area contributed by atoms with Crippen LogP contribution < -0.4 is 15.3 Å². The van der Waals surface area contributed by atoms with Crippen molar-refractivity contribution in [2.45, 2.75) is 109 Å². The normalized spacial score (nSPS) is 21.7. The molecule has 1 aromatic carbocycles. The maximum atomic E-state index is 13.9. The van der Waals surface area contributed by atoms with E-state index in [4.69, 9.17) is 24.3 Å². The van der Waals surface area contributed by atoms with Crippen molar-refractivity contribution in [3.63, 3.8) is 0 Å². The van der Waals surface area contributed by atoms with Crippen LogP contribution in [-0.2, 0) is 23.4 Å². The van der Waals surface area contributed by atoms with Crippen molar-refractivity contribution < 1.29 is 38.1 Å². The summed E-state index contributed by atoms with van der Waals surface area (Å²) in [5.41, 5.74) is 6.88. The van der Waals surface area contributed by atoms with Gasteiger partial charge < -0.3 is 29.9 Å². The summed E-state index contributed by atoms with van der Waals surface area (Å²) < 4.78 is 38.2. The van der Waals surface area contributed by atoms with E-state index >= 15 is 0 Å². The van der Waals surface area contributed by atoms with E-state index in [1.54, 1.807) is 42.5 Å². The van der Waals surface area contributed by atoms with E-state index < -0.39 is 50.8 Å². The van der Waals surface area contributed by atoms with Gasteiger partial charge in [0.1, 0.15) is 48.1 Å². The fraction of sp³-hybridized carbons (Fsp3) is 0.594. The first-order chi connectivity index (χ1) is 22.2. The number of esters is 1. The number of nitrogens with zero attached hydrogens (tertiary/aromatic N) is 3. The predicted octanol–water partition coefficient (Wildman–Crippen LogP) is 5.12. The van der Waals surface area contributed by atoms with E-state index in [1.165, 1.54) is 62.7 Å². The lowest BCUT2D eigenvalue weighted by atomic mass is 10.1. The number of aliphatic hydroxyl groups excluding tert-OH is 2. The van der Waals surface area contributed by atoms with E-state index in [9.17, 15) is 19.6 Å². The van der Waals surface area contributed by atoms with Gasteiger partial charge in [-0.15, -0.1) is 0 Å². The van der Waals surface area contributed by atoms with Gasteiger partial charge in [-0.25, -0.2) is 14.1 Å². The fourth-order valence-corrected chi connectivity index (χ4v) is 6.88. The number of nitrogens with one attached hydrogen (secondary N) is 1. The first kappa shape index (κ1) is 35.8. The minimum atomic E-state index is -4.21. The standard InChI is InChI=1S/C32H48N5O8P/c1-3-4-5-6-7-8-9-10-11-15-20-42-32(40)23(2)36-46(41,45-24-16-13-12-14-17-24)43-21-27-28(38)29(39)30(44-27)25-18-19-26-31(33)34-22-35-37(25)26/h12-14,16-19,22-23,27-30,38-39H,3-11,15,20-21H2,1-2H3,(H,36,41)(H2,33,34,35)/t23-,27+,28+,29+,30-,46?/m0/s1. The number of para-hydroxylation sites is 1. The molecule has 0 amide bonds. The SMILES string of the molecule is CCCCCCCCCCCCOC(=O)[C@H](C)NP(=O)(OC[C@H]1O[C@@H](c2ccc3c(N)ncnn23)[C@H](O)[C@@H]1O)Oc1ccccc1. The van der Waals surface area contributed by atoms with E-state index in [1.807, 2.05) is 0 Å². The molecule has 1 aliphatic heterocycles. The largest absolute Gasteiger partial charge is 0.465 e. The molecule has 1 unspecified atom stereocenters. The zero-order valence-corrected chi connectivity index (χ0v) is 27.6. The second kappa shape index (κ2) is 17.7. The molecule has 2 aromatic heterocycles. The maximum Gasteiger partial charge on any atom is 0.459 e. The fourth-order valence-electron chi connectivity index (χ4n) is 5.38. The summed E-state index contributed by atoms with van der Waals surface area (Å²) in [6.45, 7) is 3.57. The second-order valence-corrected chi connectivity index (χ2v) is 13.4. The quantitative estimate of drug-likeness (QED) is 0.0714. The molecule has 6 atom stereocenters. The van der Waals surface area contributed by atoms with Crippen LogP contribution in [0.5, 0.6) is 5.75 Å². The lowest BCUT2D eigenvalue weighted by Crippen LogP contribution is -2.37. The molecule has 46 heavy (non-hydrogen) atoms. The van der Waals surface area contributed by atoms with Crippen LogP contribution in [0.4, 0.5) is 5.82 Å². The number of carbonyl (C=O) groups is 1. The molecule has 3 aromatic rings. The Bertz CT molecular complexity index is 1410. The number of carbonyl (C=O) groups excluding carboxylic acids is 1. The highest BCUT2D eigenvalue weighted by atomic mass is 31.2. The van der Waals surface area contributed by atoms with E-state index in [0.29, 0.717) is 11.2 Å². The van der Waals surface area contributed by atoms with Gasteiger partial charge in [-0.1, -0.05) is 82.9 Å². The van der Waals surface area contributed by atoms with Crippen molar-refractivity contribution in [2.75, 3.05) is 18.9 Å². The Morgan fingerprint density at radius 3 is 2.39 bits per heavy atom. The summed E-state index contributed by atoms with van der Waals surface area (Å²) in [7, 11) is -4.21. The van der Waals surface area contributed by atoms with Crippen LogP contribution in [0.3, 0.4) is 0 Å². The van der Waals surface area contributed by atoms with Crippen molar-refractivity contribution in [2.24, 2.45) is 0 Å². The molecule has 0 spiro atoms. The van der Waals surface area contributed by atoms with E-state index in [2.05, 4.69) is 22.1 Å². The summed E-state index contributed by atoms with van der Waals surface area (Å²) >= 11 is 0. The Hall–Kier alpha value is -3.06. The Labute approximate surface area is 270 Å². The number of hydrogen-bond acceptors (Lipinski definition) is 11. The topological polar surface area (TPSA) is 180 Å². The number of aromatic nitrogens is 3. The third-order valence-corrected chi connectivity index (χ3v) is 9.63. The number of nitrogen functional groups attached to an aromatic ring is 1. The van der Waals surface area contributed by atoms with E-state index in [-0.39, 0.29) is 18.2 Å². The van der Waals surface area contributed by atoms with Gasteiger partial charge in [0.15, 0.2) is 5.82 Å². The van der Waals surface area contributed by atoms with Crippen LogP contribution in [0, 0.1) is 0 Å². The molecule has 13 nitrogen and oxygen atoms in total. The van der Waals surface area contributed by atoms with E-state index in [0.717, 1.165) is 19.3 Å². The number of unbranched alkanes of at least 4 members (excludes halogenated alkanes) is 9. The molecule has 0 radical (unpaired) electrons. The molecule has 0 aliphatic carbocycles. The summed E-state index contributed by atoms with van der Waals surface area (Å²) in [5, 5.41) is 28.4. The molecule has 254 valence electrons.